The number of ether oxygens (including phenoxy) is 2. The number of hydrogen-bond donors (Lipinski definition) is 3. The van der Waals surface area contributed by atoms with Gasteiger partial charge in [-0.25, -0.2) is 4.79 Å². The van der Waals surface area contributed by atoms with Crippen LogP contribution in [0.3, 0.4) is 0 Å². The van der Waals surface area contributed by atoms with Crippen LogP contribution in [-0.2, 0) is 32.6 Å². The van der Waals surface area contributed by atoms with Crippen LogP contribution in [0.25, 0.3) is 11.1 Å². The van der Waals surface area contributed by atoms with Gasteiger partial charge in [0.15, 0.2) is 0 Å². The first-order valence-electron chi connectivity index (χ1n) is 12.1. The quantitative estimate of drug-likeness (QED) is 0.206. The highest BCUT2D eigenvalue weighted by Crippen LogP contribution is 2.29. The van der Waals surface area contributed by atoms with E-state index in [1.54, 1.807) is 42.3 Å². The zero-order valence-corrected chi connectivity index (χ0v) is 22.2. The largest absolute Gasteiger partial charge is 0.497 e. The third-order valence-electron chi connectivity index (χ3n) is 5.83. The van der Waals surface area contributed by atoms with Crippen molar-refractivity contribution in [2.24, 2.45) is 7.05 Å². The minimum atomic E-state index is -0.694. The molecule has 0 aliphatic rings. The lowest BCUT2D eigenvalue weighted by molar-refractivity contribution is -0.135. The molecule has 0 aliphatic carbocycles. The average molecular weight is 534 g/mol. The molecule has 3 rings (SSSR count). The molecule has 2 aromatic carbocycles. The molecule has 0 fully saturated rings. The fourth-order valence-corrected chi connectivity index (χ4v) is 3.74. The van der Waals surface area contributed by atoms with E-state index in [1.807, 2.05) is 38.4 Å². The van der Waals surface area contributed by atoms with Gasteiger partial charge in [0.2, 0.25) is 5.91 Å². The number of aromatic nitrogens is 2. The van der Waals surface area contributed by atoms with Crippen LogP contribution >= 0.6 is 0 Å². The topological polar surface area (TPSA) is 141 Å². The third kappa shape index (κ3) is 8.29. The van der Waals surface area contributed by atoms with Crippen LogP contribution in [0.2, 0.25) is 0 Å². The highest BCUT2D eigenvalue weighted by molar-refractivity contribution is 5.96. The van der Waals surface area contributed by atoms with E-state index in [4.69, 9.17) is 4.74 Å². The van der Waals surface area contributed by atoms with Gasteiger partial charge in [-0.05, 0) is 54.3 Å². The molecule has 3 N–H and O–H groups in total. The minimum absolute atomic E-state index is 0.0190. The molecule has 11 nitrogen and oxygen atoms in total. The first-order chi connectivity index (χ1) is 18.7. The van der Waals surface area contributed by atoms with Gasteiger partial charge in [-0.15, -0.1) is 0 Å². The van der Waals surface area contributed by atoms with Gasteiger partial charge < -0.3 is 14.8 Å². The molecule has 1 heterocycles. The number of carbonyl (C=O) groups is 4. The average Bonchev–Trinajstić information content (AvgIpc) is 3.39. The molecule has 0 aliphatic heterocycles. The number of amides is 3. The number of aryl methyl sites for hydroxylation is 2. The summed E-state index contributed by atoms with van der Waals surface area (Å²) in [6.07, 6.45) is 5.82. The Labute approximate surface area is 226 Å². The van der Waals surface area contributed by atoms with Crippen molar-refractivity contribution in [2.45, 2.75) is 25.8 Å². The first kappa shape index (κ1) is 28.6. The summed E-state index contributed by atoms with van der Waals surface area (Å²) in [5, 5.41) is 7.25. The smallest absolute Gasteiger partial charge is 0.330 e. The highest BCUT2D eigenvalue weighted by Gasteiger charge is 2.17. The summed E-state index contributed by atoms with van der Waals surface area (Å²) in [4.78, 5) is 48.1. The van der Waals surface area contributed by atoms with E-state index >= 15 is 0 Å². The molecule has 3 aromatic rings. The summed E-state index contributed by atoms with van der Waals surface area (Å²) in [6.45, 7) is 1.88. The maximum atomic E-state index is 13.2. The van der Waals surface area contributed by atoms with Crippen LogP contribution in [-0.4, -0.2) is 47.7 Å². The van der Waals surface area contributed by atoms with Gasteiger partial charge in [0.05, 0.1) is 26.5 Å². The van der Waals surface area contributed by atoms with Crippen molar-refractivity contribution in [3.8, 4) is 16.9 Å². The van der Waals surface area contributed by atoms with E-state index in [9.17, 15) is 19.2 Å². The lowest BCUT2D eigenvalue weighted by atomic mass is 9.99. The maximum Gasteiger partial charge on any atom is 0.330 e. The molecule has 39 heavy (non-hydrogen) atoms. The Bertz CT molecular complexity index is 1380. The molecule has 0 bridgehead atoms. The second-order valence-corrected chi connectivity index (χ2v) is 8.64. The molecule has 3 amide bonds. The molecular formula is C28H31N5O6. The van der Waals surface area contributed by atoms with Crippen molar-refractivity contribution in [1.82, 2.24) is 25.9 Å². The molecule has 1 aromatic heterocycles. The van der Waals surface area contributed by atoms with Gasteiger partial charge in [-0.3, -0.25) is 29.9 Å². The molecule has 11 heteroatoms. The summed E-state index contributed by atoms with van der Waals surface area (Å²) in [6, 6.07) is 12.4. The molecule has 204 valence electrons. The molecule has 0 unspecified atom stereocenters. The van der Waals surface area contributed by atoms with Gasteiger partial charge in [-0.2, -0.15) is 5.10 Å². The minimum Gasteiger partial charge on any atom is -0.497 e. The van der Waals surface area contributed by atoms with Crippen LogP contribution in [0.5, 0.6) is 5.75 Å². The van der Waals surface area contributed by atoms with Crippen LogP contribution in [0.4, 0.5) is 0 Å². The summed E-state index contributed by atoms with van der Waals surface area (Å²) >= 11 is 0. The maximum absolute atomic E-state index is 13.2. The summed E-state index contributed by atoms with van der Waals surface area (Å²) in [5.74, 6) is -1.47. The number of hydrazine groups is 1. The van der Waals surface area contributed by atoms with Crippen LogP contribution in [0.15, 0.2) is 67.0 Å². The van der Waals surface area contributed by atoms with Gasteiger partial charge in [0.1, 0.15) is 5.75 Å². The Hall–Kier alpha value is -4.93. The van der Waals surface area contributed by atoms with Crippen molar-refractivity contribution in [1.29, 1.82) is 0 Å². The molecule has 0 spiro atoms. The van der Waals surface area contributed by atoms with E-state index in [-0.39, 0.29) is 24.8 Å². The van der Waals surface area contributed by atoms with Crippen molar-refractivity contribution in [2.75, 3.05) is 14.2 Å². The van der Waals surface area contributed by atoms with E-state index in [1.165, 1.54) is 7.11 Å². The summed E-state index contributed by atoms with van der Waals surface area (Å²) < 4.78 is 11.6. The van der Waals surface area contributed by atoms with Crippen molar-refractivity contribution in [3.63, 3.8) is 0 Å². The Morgan fingerprint density at radius 2 is 1.79 bits per heavy atom. The summed E-state index contributed by atoms with van der Waals surface area (Å²) in [5.41, 5.74) is 8.26. The molecular weight excluding hydrogens is 502 g/mol. The van der Waals surface area contributed by atoms with Crippen molar-refractivity contribution >= 4 is 23.7 Å². The predicted molar refractivity (Wildman–Crippen MR) is 143 cm³/mol. The number of rotatable bonds is 10. The lowest BCUT2D eigenvalue weighted by Crippen LogP contribution is -2.41. The van der Waals surface area contributed by atoms with Gasteiger partial charge in [0.25, 0.3) is 11.8 Å². The van der Waals surface area contributed by atoms with E-state index < -0.39 is 17.8 Å². The van der Waals surface area contributed by atoms with Gasteiger partial charge in [0, 0.05) is 42.9 Å². The fraction of sp³-hybridized carbons (Fsp3) is 0.250. The van der Waals surface area contributed by atoms with Crippen molar-refractivity contribution in [3.05, 3.63) is 83.7 Å². The zero-order chi connectivity index (χ0) is 28.4. The van der Waals surface area contributed by atoms with E-state index in [0.717, 1.165) is 28.8 Å². The zero-order valence-electron chi connectivity index (χ0n) is 22.2. The number of methoxy groups -OCH3 is 2. The monoisotopic (exact) mass is 533 g/mol. The van der Waals surface area contributed by atoms with Gasteiger partial charge >= 0.3 is 5.97 Å². The SMILES string of the molecule is COC(=O)/C=C/C(=O)NNC(=O)CCc1ccccc1C(=O)N[C@H](C)c1cc(OC)cc(-c2cnn(C)c2)c1. The predicted octanol–water partition coefficient (Wildman–Crippen LogP) is 2.40. The number of esters is 1. The second-order valence-electron chi connectivity index (χ2n) is 8.64. The van der Waals surface area contributed by atoms with Crippen molar-refractivity contribution < 1.29 is 28.7 Å². The van der Waals surface area contributed by atoms with Crippen LogP contribution < -0.4 is 20.9 Å². The second kappa shape index (κ2) is 13.6. The standard InChI is InChI=1S/C28H31N5O6/c1-18(20-13-21(15-23(14-20)38-3)22-16-29-33(2)17-22)30-28(37)24-8-6-5-7-19(24)9-10-25(34)31-32-26(35)11-12-27(36)39-4/h5-8,11-18H,9-10H2,1-4H3,(H,30,37)(H,31,34)(H,32,35)/b12-11+/t18-/m1/s1. The number of nitrogens with one attached hydrogen (secondary N) is 3. The Kier molecular flexibility index (Phi) is 9.96. The molecule has 0 saturated carbocycles. The van der Waals surface area contributed by atoms with E-state index in [0.29, 0.717) is 16.9 Å². The molecule has 0 saturated heterocycles. The molecule has 1 atom stereocenters. The Morgan fingerprint density at radius 1 is 1.03 bits per heavy atom. The number of nitrogens with zero attached hydrogens (tertiary/aromatic N) is 2. The third-order valence-corrected chi connectivity index (χ3v) is 5.83. The Morgan fingerprint density at radius 3 is 2.49 bits per heavy atom. The lowest BCUT2D eigenvalue weighted by Gasteiger charge is -2.18. The van der Waals surface area contributed by atoms with Gasteiger partial charge in [-0.1, -0.05) is 18.2 Å². The van der Waals surface area contributed by atoms with Crippen LogP contribution in [0.1, 0.15) is 40.9 Å². The number of benzene rings is 2. The highest BCUT2D eigenvalue weighted by atomic mass is 16.5. The molecule has 0 radical (unpaired) electrons. The van der Waals surface area contributed by atoms with Crippen LogP contribution in [0, 0.1) is 0 Å². The first-order valence-corrected chi connectivity index (χ1v) is 12.1. The number of carbonyl (C=O) groups excluding carboxylic acids is 4. The normalized spacial score (nSPS) is 11.5. The van der Waals surface area contributed by atoms with E-state index in [2.05, 4.69) is 26.0 Å². The number of hydrogen-bond acceptors (Lipinski definition) is 7. The Balaban J connectivity index is 1.63. The summed E-state index contributed by atoms with van der Waals surface area (Å²) in [7, 11) is 4.62. The fourth-order valence-electron chi connectivity index (χ4n) is 3.74.